The van der Waals surface area contributed by atoms with Crippen LogP contribution in [-0.2, 0) is 18.5 Å². The molecule has 29 heavy (non-hydrogen) atoms. The Balaban J connectivity index is 0.00000420. The normalized spacial score (nSPS) is 12.3. The molecule has 0 saturated heterocycles. The fourth-order valence-corrected chi connectivity index (χ4v) is 2.21. The van der Waals surface area contributed by atoms with Crippen molar-refractivity contribution in [1.29, 1.82) is 0 Å². The molecule has 162 valence electrons. The van der Waals surface area contributed by atoms with Crippen LogP contribution >= 0.6 is 24.0 Å². The van der Waals surface area contributed by atoms with E-state index in [1.54, 1.807) is 31.4 Å². The van der Waals surface area contributed by atoms with Gasteiger partial charge >= 0.3 is 6.18 Å². The van der Waals surface area contributed by atoms with Crippen LogP contribution in [0, 0.1) is 0 Å². The Bertz CT molecular complexity index is 801. The maximum atomic E-state index is 12.3. The number of halogens is 4. The third-order valence-corrected chi connectivity index (χ3v) is 3.68. The predicted molar refractivity (Wildman–Crippen MR) is 116 cm³/mol. The van der Waals surface area contributed by atoms with Crippen molar-refractivity contribution in [3.8, 4) is 5.75 Å². The highest BCUT2D eigenvalue weighted by Gasteiger charge is 2.28. The van der Waals surface area contributed by atoms with Gasteiger partial charge in [0.05, 0.1) is 12.7 Å². The van der Waals surface area contributed by atoms with Crippen LogP contribution in [-0.4, -0.2) is 30.8 Å². The molecule has 0 amide bonds. The fourth-order valence-electron chi connectivity index (χ4n) is 2.21. The molecule has 1 aromatic heterocycles. The first kappa shape index (κ1) is 25.1. The zero-order valence-electron chi connectivity index (χ0n) is 16.8. The Morgan fingerprint density at radius 2 is 1.86 bits per heavy atom. The molecule has 0 radical (unpaired) electrons. The molecule has 0 fully saturated rings. The van der Waals surface area contributed by atoms with Crippen LogP contribution < -0.4 is 15.4 Å². The van der Waals surface area contributed by atoms with Crippen molar-refractivity contribution in [3.05, 3.63) is 47.7 Å². The van der Waals surface area contributed by atoms with E-state index in [2.05, 4.69) is 20.6 Å². The van der Waals surface area contributed by atoms with E-state index >= 15 is 0 Å². The van der Waals surface area contributed by atoms with Crippen molar-refractivity contribution in [1.82, 2.24) is 15.6 Å². The molecule has 1 aromatic carbocycles. The summed E-state index contributed by atoms with van der Waals surface area (Å²) in [6, 6.07) is 6.46. The van der Waals surface area contributed by atoms with Gasteiger partial charge in [0, 0.05) is 19.0 Å². The molecule has 0 unspecified atom stereocenters. The largest absolute Gasteiger partial charge is 0.484 e. The molecule has 1 heterocycles. The standard InChI is InChI=1S/C19H25F3N4O2.HI/c1-18(2,3)15-10-24-16(28-15)11-26-17(23-4)25-9-13-6-5-7-14(8-13)27-12-19(20,21)22;/h5-8,10H,9,11-12H2,1-4H3,(H2,23,25,26);1H. The number of hydrogen-bond donors (Lipinski definition) is 2. The van der Waals surface area contributed by atoms with Crippen LogP contribution in [0.5, 0.6) is 5.75 Å². The third-order valence-electron chi connectivity index (χ3n) is 3.68. The van der Waals surface area contributed by atoms with Crippen LogP contribution in [0.1, 0.15) is 38.0 Å². The Morgan fingerprint density at radius 3 is 2.45 bits per heavy atom. The van der Waals surface area contributed by atoms with Crippen molar-refractivity contribution in [2.75, 3.05) is 13.7 Å². The molecule has 0 aliphatic carbocycles. The van der Waals surface area contributed by atoms with Gasteiger partial charge in [-0.3, -0.25) is 4.99 Å². The summed E-state index contributed by atoms with van der Waals surface area (Å²) in [7, 11) is 1.62. The lowest BCUT2D eigenvalue weighted by molar-refractivity contribution is -0.153. The maximum absolute atomic E-state index is 12.3. The number of oxazole rings is 1. The van der Waals surface area contributed by atoms with E-state index in [-0.39, 0.29) is 35.1 Å². The Labute approximate surface area is 185 Å². The van der Waals surface area contributed by atoms with Crippen LogP contribution in [0.4, 0.5) is 13.2 Å². The number of aliphatic imine (C=N–C) groups is 1. The van der Waals surface area contributed by atoms with Gasteiger partial charge in [-0.05, 0) is 17.7 Å². The number of guanidine groups is 1. The first-order valence-corrected chi connectivity index (χ1v) is 8.75. The zero-order chi connectivity index (χ0) is 20.8. The summed E-state index contributed by atoms with van der Waals surface area (Å²) in [4.78, 5) is 8.35. The fraction of sp³-hybridized carbons (Fsp3) is 0.474. The second-order valence-corrected chi connectivity index (χ2v) is 7.20. The minimum Gasteiger partial charge on any atom is -0.484 e. The monoisotopic (exact) mass is 526 g/mol. The quantitative estimate of drug-likeness (QED) is 0.332. The second-order valence-electron chi connectivity index (χ2n) is 7.20. The van der Waals surface area contributed by atoms with Gasteiger partial charge in [0.1, 0.15) is 11.5 Å². The van der Waals surface area contributed by atoms with Gasteiger partial charge in [-0.25, -0.2) is 4.98 Å². The van der Waals surface area contributed by atoms with E-state index < -0.39 is 12.8 Å². The third kappa shape index (κ3) is 8.92. The SMILES string of the molecule is CN=C(NCc1cccc(OCC(F)(F)F)c1)NCc1ncc(C(C)(C)C)o1.I. The molecular weight excluding hydrogens is 500 g/mol. The molecule has 2 aromatic rings. The number of aromatic nitrogens is 1. The van der Waals surface area contributed by atoms with Crippen LogP contribution in [0.3, 0.4) is 0 Å². The van der Waals surface area contributed by atoms with Gasteiger partial charge < -0.3 is 19.8 Å². The van der Waals surface area contributed by atoms with E-state index in [1.807, 2.05) is 20.8 Å². The van der Waals surface area contributed by atoms with E-state index in [0.717, 1.165) is 11.3 Å². The summed E-state index contributed by atoms with van der Waals surface area (Å²) < 4.78 is 47.2. The molecule has 2 N–H and O–H groups in total. The number of alkyl halides is 3. The summed E-state index contributed by atoms with van der Waals surface area (Å²) in [5, 5.41) is 6.17. The Morgan fingerprint density at radius 1 is 1.17 bits per heavy atom. The average Bonchev–Trinajstić information content (AvgIpc) is 3.09. The molecular formula is C19H26F3IN4O2. The van der Waals surface area contributed by atoms with Crippen molar-refractivity contribution in [2.24, 2.45) is 4.99 Å². The lowest BCUT2D eigenvalue weighted by atomic mass is 9.94. The lowest BCUT2D eigenvalue weighted by Crippen LogP contribution is -2.36. The van der Waals surface area contributed by atoms with E-state index in [0.29, 0.717) is 24.9 Å². The topological polar surface area (TPSA) is 71.7 Å². The van der Waals surface area contributed by atoms with E-state index in [4.69, 9.17) is 9.15 Å². The minimum absolute atomic E-state index is 0. The number of nitrogens with zero attached hydrogens (tertiary/aromatic N) is 2. The van der Waals surface area contributed by atoms with Crippen LogP contribution in [0.2, 0.25) is 0 Å². The van der Waals surface area contributed by atoms with Crippen LogP contribution in [0.15, 0.2) is 39.9 Å². The zero-order valence-corrected chi connectivity index (χ0v) is 19.1. The summed E-state index contributed by atoms with van der Waals surface area (Å²) >= 11 is 0. The smallest absolute Gasteiger partial charge is 0.422 e. The predicted octanol–water partition coefficient (Wildman–Crippen LogP) is 4.40. The molecule has 10 heteroatoms. The number of hydrogen-bond acceptors (Lipinski definition) is 4. The van der Waals surface area contributed by atoms with Crippen LogP contribution in [0.25, 0.3) is 0 Å². The number of nitrogens with one attached hydrogen (secondary N) is 2. The summed E-state index contributed by atoms with van der Waals surface area (Å²) in [6.07, 6.45) is -2.66. The van der Waals surface area contributed by atoms with Gasteiger partial charge in [-0.1, -0.05) is 32.9 Å². The Kier molecular flexibility index (Phi) is 9.24. The molecule has 0 bridgehead atoms. The molecule has 6 nitrogen and oxygen atoms in total. The van der Waals surface area contributed by atoms with Crippen molar-refractivity contribution < 1.29 is 22.3 Å². The minimum atomic E-state index is -4.37. The highest BCUT2D eigenvalue weighted by atomic mass is 127. The average molecular weight is 526 g/mol. The maximum Gasteiger partial charge on any atom is 0.422 e. The number of benzene rings is 1. The van der Waals surface area contributed by atoms with Gasteiger partial charge in [-0.15, -0.1) is 24.0 Å². The number of rotatable bonds is 6. The van der Waals surface area contributed by atoms with Gasteiger partial charge in [0.2, 0.25) is 5.89 Å². The highest BCUT2D eigenvalue weighted by Crippen LogP contribution is 2.22. The molecule has 0 atom stereocenters. The summed E-state index contributed by atoms with van der Waals surface area (Å²) in [5.41, 5.74) is 0.637. The second kappa shape index (κ2) is 10.7. The van der Waals surface area contributed by atoms with Crippen molar-refractivity contribution in [3.63, 3.8) is 0 Å². The van der Waals surface area contributed by atoms with Gasteiger partial charge in [0.25, 0.3) is 0 Å². The molecule has 0 spiro atoms. The van der Waals surface area contributed by atoms with Crippen molar-refractivity contribution >= 4 is 29.9 Å². The highest BCUT2D eigenvalue weighted by molar-refractivity contribution is 14.0. The summed E-state index contributed by atoms with van der Waals surface area (Å²) in [6.45, 7) is 5.51. The molecule has 0 aliphatic heterocycles. The van der Waals surface area contributed by atoms with E-state index in [9.17, 15) is 13.2 Å². The molecule has 2 rings (SSSR count). The summed E-state index contributed by atoms with van der Waals surface area (Å²) in [5.74, 6) is 2.00. The van der Waals surface area contributed by atoms with Gasteiger partial charge in [-0.2, -0.15) is 13.2 Å². The first-order valence-electron chi connectivity index (χ1n) is 8.75. The number of ether oxygens (including phenoxy) is 1. The first-order chi connectivity index (χ1) is 13.1. The molecule has 0 aliphatic rings. The molecule has 0 saturated carbocycles. The lowest BCUT2D eigenvalue weighted by Gasteiger charge is -2.14. The van der Waals surface area contributed by atoms with Gasteiger partial charge in [0.15, 0.2) is 12.6 Å². The van der Waals surface area contributed by atoms with E-state index in [1.165, 1.54) is 6.07 Å². The van der Waals surface area contributed by atoms with Crippen molar-refractivity contribution in [2.45, 2.75) is 45.5 Å². The Hall–Kier alpha value is -1.98.